The number of rotatable bonds is 3. The highest BCUT2D eigenvalue weighted by atomic mass is 35.5. The third kappa shape index (κ3) is 2.34. The van der Waals surface area contributed by atoms with Gasteiger partial charge in [-0.3, -0.25) is 0 Å². The van der Waals surface area contributed by atoms with Crippen molar-refractivity contribution in [3.05, 3.63) is 34.6 Å². The van der Waals surface area contributed by atoms with E-state index in [9.17, 15) is 4.39 Å². The first-order valence-corrected chi connectivity index (χ1v) is 6.77. The van der Waals surface area contributed by atoms with Crippen molar-refractivity contribution < 1.29 is 4.39 Å². The maximum atomic E-state index is 13.5. The van der Waals surface area contributed by atoms with E-state index in [1.54, 1.807) is 12.1 Å². The van der Waals surface area contributed by atoms with Crippen molar-refractivity contribution in [1.82, 2.24) is 5.32 Å². The molecule has 2 bridgehead atoms. The zero-order chi connectivity index (χ0) is 11.8. The molecule has 3 unspecified atom stereocenters. The van der Waals surface area contributed by atoms with Gasteiger partial charge in [-0.05, 0) is 49.3 Å². The van der Waals surface area contributed by atoms with Gasteiger partial charge in [-0.2, -0.15) is 0 Å². The average Bonchev–Trinajstić information content (AvgIpc) is 2.92. The maximum absolute atomic E-state index is 13.5. The average molecular weight is 254 g/mol. The molecule has 3 rings (SSSR count). The molecule has 0 aromatic heterocycles. The molecule has 3 heteroatoms. The van der Waals surface area contributed by atoms with E-state index in [1.165, 1.54) is 31.7 Å². The summed E-state index contributed by atoms with van der Waals surface area (Å²) in [5.74, 6) is 1.58. The van der Waals surface area contributed by atoms with Crippen molar-refractivity contribution in [2.45, 2.75) is 38.3 Å². The molecule has 2 aliphatic rings. The number of halogens is 2. The van der Waals surface area contributed by atoms with Gasteiger partial charge < -0.3 is 5.32 Å². The Labute approximate surface area is 106 Å². The van der Waals surface area contributed by atoms with Gasteiger partial charge >= 0.3 is 0 Å². The minimum atomic E-state index is -0.162. The van der Waals surface area contributed by atoms with Gasteiger partial charge in [0, 0.05) is 23.2 Å². The van der Waals surface area contributed by atoms with E-state index in [-0.39, 0.29) is 5.82 Å². The molecule has 0 amide bonds. The van der Waals surface area contributed by atoms with E-state index in [0.717, 1.165) is 11.8 Å². The molecule has 0 heterocycles. The van der Waals surface area contributed by atoms with Crippen molar-refractivity contribution >= 4 is 11.6 Å². The zero-order valence-electron chi connectivity index (χ0n) is 9.76. The van der Waals surface area contributed by atoms with Gasteiger partial charge in [0.2, 0.25) is 0 Å². The SMILES string of the molecule is Fc1ccc(Cl)cc1CNC1CC2CCC1C2. The Hall–Kier alpha value is -0.600. The van der Waals surface area contributed by atoms with Crippen LogP contribution < -0.4 is 5.32 Å². The fourth-order valence-electron chi connectivity index (χ4n) is 3.41. The van der Waals surface area contributed by atoms with Crippen molar-refractivity contribution in [3.8, 4) is 0 Å². The first kappa shape index (κ1) is 11.5. The molecule has 1 nitrogen and oxygen atoms in total. The molecule has 0 spiro atoms. The van der Waals surface area contributed by atoms with Crippen LogP contribution in [0.15, 0.2) is 18.2 Å². The minimum Gasteiger partial charge on any atom is -0.310 e. The van der Waals surface area contributed by atoms with Crippen LogP contribution in [0.5, 0.6) is 0 Å². The van der Waals surface area contributed by atoms with E-state index >= 15 is 0 Å². The Kier molecular flexibility index (Phi) is 3.10. The molecule has 0 aliphatic heterocycles. The Morgan fingerprint density at radius 3 is 2.88 bits per heavy atom. The number of nitrogens with one attached hydrogen (secondary N) is 1. The number of hydrogen-bond acceptors (Lipinski definition) is 1. The molecule has 17 heavy (non-hydrogen) atoms. The second kappa shape index (κ2) is 4.58. The van der Waals surface area contributed by atoms with Gasteiger partial charge in [0.1, 0.15) is 5.82 Å². The molecule has 1 aromatic rings. The number of fused-ring (bicyclic) bond motifs is 2. The Balaban J connectivity index is 1.62. The first-order chi connectivity index (χ1) is 8.22. The highest BCUT2D eigenvalue weighted by Crippen LogP contribution is 2.44. The summed E-state index contributed by atoms with van der Waals surface area (Å²) < 4.78 is 13.5. The predicted molar refractivity (Wildman–Crippen MR) is 67.5 cm³/mol. The third-order valence-electron chi connectivity index (χ3n) is 4.30. The monoisotopic (exact) mass is 253 g/mol. The highest BCUT2D eigenvalue weighted by Gasteiger charge is 2.38. The lowest BCUT2D eigenvalue weighted by molar-refractivity contribution is 0.349. The summed E-state index contributed by atoms with van der Waals surface area (Å²) in [6.45, 7) is 0.597. The fourth-order valence-corrected chi connectivity index (χ4v) is 3.61. The standard InChI is InChI=1S/C14H17ClFN/c15-12-3-4-13(16)11(7-12)8-17-14-6-9-1-2-10(14)5-9/h3-4,7,9-10,14,17H,1-2,5-6,8H2. The topological polar surface area (TPSA) is 12.0 Å². The van der Waals surface area contributed by atoms with Crippen LogP contribution in [-0.2, 0) is 6.54 Å². The quantitative estimate of drug-likeness (QED) is 0.865. The Morgan fingerprint density at radius 1 is 1.29 bits per heavy atom. The summed E-state index contributed by atoms with van der Waals surface area (Å²) in [7, 11) is 0. The molecule has 1 N–H and O–H groups in total. The predicted octanol–water partition coefficient (Wildman–Crippen LogP) is 3.76. The van der Waals surface area contributed by atoms with Gasteiger partial charge in [-0.15, -0.1) is 0 Å². The van der Waals surface area contributed by atoms with Crippen LogP contribution in [0, 0.1) is 17.7 Å². The van der Waals surface area contributed by atoms with Gasteiger partial charge in [0.05, 0.1) is 0 Å². The van der Waals surface area contributed by atoms with Gasteiger partial charge in [-0.25, -0.2) is 4.39 Å². The van der Waals surface area contributed by atoms with Crippen molar-refractivity contribution in [2.75, 3.05) is 0 Å². The maximum Gasteiger partial charge on any atom is 0.127 e. The Bertz CT molecular complexity index is 421. The molecular weight excluding hydrogens is 237 g/mol. The molecule has 3 atom stereocenters. The van der Waals surface area contributed by atoms with Crippen molar-refractivity contribution in [3.63, 3.8) is 0 Å². The van der Waals surface area contributed by atoms with Crippen LogP contribution in [0.2, 0.25) is 5.02 Å². The lowest BCUT2D eigenvalue weighted by atomic mass is 9.95. The van der Waals surface area contributed by atoms with Crippen molar-refractivity contribution in [2.24, 2.45) is 11.8 Å². The van der Waals surface area contributed by atoms with Gasteiger partial charge in [0.25, 0.3) is 0 Å². The van der Waals surface area contributed by atoms with Crippen LogP contribution >= 0.6 is 11.6 Å². The second-order valence-electron chi connectivity index (χ2n) is 5.40. The molecule has 2 fully saturated rings. The van der Waals surface area contributed by atoms with Crippen LogP contribution in [0.25, 0.3) is 0 Å². The lowest BCUT2D eigenvalue weighted by Crippen LogP contribution is -2.33. The van der Waals surface area contributed by atoms with Crippen LogP contribution in [-0.4, -0.2) is 6.04 Å². The zero-order valence-corrected chi connectivity index (χ0v) is 10.5. The molecule has 0 saturated heterocycles. The molecule has 2 saturated carbocycles. The summed E-state index contributed by atoms with van der Waals surface area (Å²) in [6.07, 6.45) is 5.39. The highest BCUT2D eigenvalue weighted by molar-refractivity contribution is 6.30. The summed E-state index contributed by atoms with van der Waals surface area (Å²) in [4.78, 5) is 0. The molecule has 2 aliphatic carbocycles. The first-order valence-electron chi connectivity index (χ1n) is 6.39. The van der Waals surface area contributed by atoms with E-state index in [2.05, 4.69) is 5.32 Å². The van der Waals surface area contributed by atoms with Crippen LogP contribution in [0.4, 0.5) is 4.39 Å². The largest absolute Gasteiger partial charge is 0.310 e. The number of hydrogen-bond donors (Lipinski definition) is 1. The smallest absolute Gasteiger partial charge is 0.127 e. The summed E-state index contributed by atoms with van der Waals surface area (Å²) in [6, 6.07) is 5.35. The van der Waals surface area contributed by atoms with Gasteiger partial charge in [-0.1, -0.05) is 18.0 Å². The van der Waals surface area contributed by atoms with E-state index in [0.29, 0.717) is 23.2 Å². The lowest BCUT2D eigenvalue weighted by Gasteiger charge is -2.23. The second-order valence-corrected chi connectivity index (χ2v) is 5.83. The van der Waals surface area contributed by atoms with Gasteiger partial charge in [0.15, 0.2) is 0 Å². The molecule has 1 aromatic carbocycles. The molecule has 0 radical (unpaired) electrons. The van der Waals surface area contributed by atoms with Crippen LogP contribution in [0.3, 0.4) is 0 Å². The van der Waals surface area contributed by atoms with E-state index in [1.807, 2.05) is 0 Å². The minimum absolute atomic E-state index is 0.162. The van der Waals surface area contributed by atoms with E-state index < -0.39 is 0 Å². The van der Waals surface area contributed by atoms with E-state index in [4.69, 9.17) is 11.6 Å². The molecule has 92 valence electrons. The third-order valence-corrected chi connectivity index (χ3v) is 4.54. The number of benzene rings is 1. The fraction of sp³-hybridized carbons (Fsp3) is 0.571. The Morgan fingerprint density at radius 2 is 2.18 bits per heavy atom. The summed E-state index contributed by atoms with van der Waals surface area (Å²) >= 11 is 5.88. The van der Waals surface area contributed by atoms with Crippen LogP contribution in [0.1, 0.15) is 31.2 Å². The normalized spacial score (nSPS) is 31.1. The van der Waals surface area contributed by atoms with Crippen molar-refractivity contribution in [1.29, 1.82) is 0 Å². The molecular formula is C14H17ClFN. The summed E-state index contributed by atoms with van der Waals surface area (Å²) in [5, 5.41) is 4.11. The summed E-state index contributed by atoms with van der Waals surface area (Å²) in [5.41, 5.74) is 0.681.